The molecular weight excluding hydrogens is 160 g/mol. The summed E-state index contributed by atoms with van der Waals surface area (Å²) in [6, 6.07) is 0. The predicted molar refractivity (Wildman–Crippen MR) is 43.7 cm³/mol. The number of carboxylic acid groups (broad SMARTS) is 1. The maximum Gasteiger partial charge on any atom is 0.309 e. The molecule has 0 aliphatic rings. The minimum Gasteiger partial charge on any atom is -0.481 e. The number of aliphatic hydroxyl groups excluding tert-OH is 2. The van der Waals surface area contributed by atoms with Gasteiger partial charge in [0.05, 0.1) is 18.1 Å². The number of aliphatic carboxylic acids is 1. The highest BCUT2D eigenvalue weighted by atomic mass is 16.4. The van der Waals surface area contributed by atoms with Crippen molar-refractivity contribution >= 4 is 5.97 Å². The maximum absolute atomic E-state index is 10.6. The summed E-state index contributed by atoms with van der Waals surface area (Å²) >= 11 is 0. The molecule has 0 radical (unpaired) electrons. The molecule has 72 valence electrons. The molecule has 0 aliphatic carbocycles. The fraction of sp³-hybridized carbons (Fsp3) is 0.875. The van der Waals surface area contributed by atoms with Crippen molar-refractivity contribution in [2.24, 2.45) is 5.92 Å². The van der Waals surface area contributed by atoms with Gasteiger partial charge in [0.25, 0.3) is 0 Å². The van der Waals surface area contributed by atoms with Crippen LogP contribution in [0.5, 0.6) is 0 Å². The van der Waals surface area contributed by atoms with Gasteiger partial charge < -0.3 is 15.3 Å². The van der Waals surface area contributed by atoms with Crippen molar-refractivity contribution in [3.05, 3.63) is 0 Å². The maximum atomic E-state index is 10.6. The Morgan fingerprint density at radius 2 is 1.92 bits per heavy atom. The Hall–Kier alpha value is -0.610. The van der Waals surface area contributed by atoms with E-state index in [4.69, 9.17) is 10.2 Å². The second-order valence-corrected chi connectivity index (χ2v) is 2.96. The lowest BCUT2D eigenvalue weighted by Gasteiger charge is -2.20. The van der Waals surface area contributed by atoms with Gasteiger partial charge in [0.1, 0.15) is 0 Å². The van der Waals surface area contributed by atoms with E-state index in [1.165, 1.54) is 6.92 Å². The van der Waals surface area contributed by atoms with Gasteiger partial charge in [0.2, 0.25) is 0 Å². The largest absolute Gasteiger partial charge is 0.481 e. The number of aliphatic hydroxyl groups is 2. The Kier molecular flexibility index (Phi) is 4.85. The Balaban J connectivity index is 4.18. The number of rotatable bonds is 5. The molecule has 0 aliphatic heterocycles. The third kappa shape index (κ3) is 3.19. The average molecular weight is 176 g/mol. The van der Waals surface area contributed by atoms with E-state index in [9.17, 15) is 9.90 Å². The fourth-order valence-electron chi connectivity index (χ4n) is 1.09. The summed E-state index contributed by atoms with van der Waals surface area (Å²) in [5, 5.41) is 26.9. The van der Waals surface area contributed by atoms with Crippen LogP contribution in [-0.4, -0.2) is 33.5 Å². The first-order valence-corrected chi connectivity index (χ1v) is 4.09. The van der Waals surface area contributed by atoms with Gasteiger partial charge in [-0.2, -0.15) is 0 Å². The summed E-state index contributed by atoms with van der Waals surface area (Å²) in [4.78, 5) is 10.6. The quantitative estimate of drug-likeness (QED) is 0.560. The van der Waals surface area contributed by atoms with E-state index in [2.05, 4.69) is 0 Å². The van der Waals surface area contributed by atoms with E-state index in [-0.39, 0.29) is 0 Å². The Morgan fingerprint density at radius 1 is 1.42 bits per heavy atom. The van der Waals surface area contributed by atoms with Gasteiger partial charge >= 0.3 is 5.97 Å². The van der Waals surface area contributed by atoms with Gasteiger partial charge in [0, 0.05) is 0 Å². The second-order valence-electron chi connectivity index (χ2n) is 2.96. The summed E-state index contributed by atoms with van der Waals surface area (Å²) in [6.07, 6.45) is -1.08. The molecule has 0 heterocycles. The lowest BCUT2D eigenvalue weighted by molar-refractivity contribution is -0.149. The van der Waals surface area contributed by atoms with Crippen molar-refractivity contribution in [2.75, 3.05) is 0 Å². The first-order valence-electron chi connectivity index (χ1n) is 4.09. The number of carboxylic acids is 1. The molecule has 12 heavy (non-hydrogen) atoms. The highest BCUT2D eigenvalue weighted by molar-refractivity contribution is 5.70. The zero-order chi connectivity index (χ0) is 9.72. The van der Waals surface area contributed by atoms with Crippen molar-refractivity contribution in [1.29, 1.82) is 0 Å². The van der Waals surface area contributed by atoms with Gasteiger partial charge in [-0.3, -0.25) is 4.79 Å². The standard InChI is InChI=1S/C8H16O4/c1-3-4-6(8(11)12)7(10)5(2)9/h5-7,9-10H,3-4H2,1-2H3,(H,11,12). The van der Waals surface area contributed by atoms with Crippen LogP contribution in [0.15, 0.2) is 0 Å². The smallest absolute Gasteiger partial charge is 0.309 e. The van der Waals surface area contributed by atoms with E-state index < -0.39 is 24.1 Å². The molecule has 0 spiro atoms. The van der Waals surface area contributed by atoms with E-state index in [0.717, 1.165) is 0 Å². The van der Waals surface area contributed by atoms with Gasteiger partial charge in [-0.25, -0.2) is 0 Å². The first kappa shape index (κ1) is 11.4. The van der Waals surface area contributed by atoms with Gasteiger partial charge in [-0.05, 0) is 13.3 Å². The molecule has 0 rings (SSSR count). The molecule has 0 saturated heterocycles. The highest BCUT2D eigenvalue weighted by Crippen LogP contribution is 2.14. The summed E-state index contributed by atoms with van der Waals surface area (Å²) in [7, 11) is 0. The zero-order valence-electron chi connectivity index (χ0n) is 7.40. The molecule has 3 atom stereocenters. The summed E-state index contributed by atoms with van der Waals surface area (Å²) in [5.74, 6) is -1.90. The molecule has 0 bridgehead atoms. The molecule has 0 amide bonds. The van der Waals surface area contributed by atoms with E-state index in [0.29, 0.717) is 12.8 Å². The molecule has 0 fully saturated rings. The van der Waals surface area contributed by atoms with Crippen molar-refractivity contribution in [3.8, 4) is 0 Å². The number of hydrogen-bond donors (Lipinski definition) is 3. The van der Waals surface area contributed by atoms with E-state index >= 15 is 0 Å². The minimum absolute atomic E-state index is 0.390. The molecule has 0 saturated carbocycles. The summed E-state index contributed by atoms with van der Waals surface area (Å²) in [5.41, 5.74) is 0. The van der Waals surface area contributed by atoms with Crippen LogP contribution in [0.4, 0.5) is 0 Å². The van der Waals surface area contributed by atoms with Crippen LogP contribution in [0.2, 0.25) is 0 Å². The molecule has 3 N–H and O–H groups in total. The van der Waals surface area contributed by atoms with Gasteiger partial charge in [0.15, 0.2) is 0 Å². The lowest BCUT2D eigenvalue weighted by Crippen LogP contribution is -2.36. The molecule has 0 aromatic heterocycles. The highest BCUT2D eigenvalue weighted by Gasteiger charge is 2.28. The van der Waals surface area contributed by atoms with Crippen LogP contribution >= 0.6 is 0 Å². The molecule has 4 nitrogen and oxygen atoms in total. The second kappa shape index (κ2) is 5.11. The third-order valence-electron chi connectivity index (χ3n) is 1.82. The van der Waals surface area contributed by atoms with Crippen molar-refractivity contribution in [2.45, 2.75) is 38.9 Å². The topological polar surface area (TPSA) is 77.8 Å². The Labute approximate surface area is 71.8 Å². The van der Waals surface area contributed by atoms with Gasteiger partial charge in [-0.1, -0.05) is 13.3 Å². The van der Waals surface area contributed by atoms with Gasteiger partial charge in [-0.15, -0.1) is 0 Å². The molecule has 3 unspecified atom stereocenters. The predicted octanol–water partition coefficient (Wildman–Crippen LogP) is 0.229. The Bertz CT molecular complexity index is 144. The molecular formula is C8H16O4. The monoisotopic (exact) mass is 176 g/mol. The molecule has 4 heteroatoms. The van der Waals surface area contributed by atoms with Crippen LogP contribution in [0, 0.1) is 5.92 Å². The average Bonchev–Trinajstić information content (AvgIpc) is 1.98. The van der Waals surface area contributed by atoms with Crippen LogP contribution in [0.25, 0.3) is 0 Å². The van der Waals surface area contributed by atoms with E-state index in [1.807, 2.05) is 6.92 Å². The van der Waals surface area contributed by atoms with Crippen LogP contribution in [0.3, 0.4) is 0 Å². The SMILES string of the molecule is CCCC(C(=O)O)C(O)C(C)O. The molecule has 0 aromatic rings. The van der Waals surface area contributed by atoms with Crippen molar-refractivity contribution in [1.82, 2.24) is 0 Å². The fourth-order valence-corrected chi connectivity index (χ4v) is 1.09. The van der Waals surface area contributed by atoms with Crippen LogP contribution < -0.4 is 0 Å². The van der Waals surface area contributed by atoms with Crippen LogP contribution in [-0.2, 0) is 4.79 Å². The van der Waals surface area contributed by atoms with Crippen molar-refractivity contribution in [3.63, 3.8) is 0 Å². The van der Waals surface area contributed by atoms with Crippen LogP contribution in [0.1, 0.15) is 26.7 Å². The van der Waals surface area contributed by atoms with E-state index in [1.54, 1.807) is 0 Å². The zero-order valence-corrected chi connectivity index (χ0v) is 7.40. The lowest BCUT2D eigenvalue weighted by atomic mass is 9.94. The first-order chi connectivity index (χ1) is 5.50. The minimum atomic E-state index is -1.16. The summed E-state index contributed by atoms with van der Waals surface area (Å²) in [6.45, 7) is 3.22. The Morgan fingerprint density at radius 3 is 2.17 bits per heavy atom. The number of carbonyl (C=O) groups is 1. The van der Waals surface area contributed by atoms with Crippen molar-refractivity contribution < 1.29 is 20.1 Å². The normalized spacial score (nSPS) is 18.3. The third-order valence-corrected chi connectivity index (χ3v) is 1.82. The summed E-state index contributed by atoms with van der Waals surface area (Å²) < 4.78 is 0. The molecule has 0 aromatic carbocycles. The number of hydrogen-bond acceptors (Lipinski definition) is 3.